The van der Waals surface area contributed by atoms with E-state index in [1.54, 1.807) is 0 Å². The molecule has 18 heavy (non-hydrogen) atoms. The first-order chi connectivity index (χ1) is 8.56. The molecule has 0 atom stereocenters. The van der Waals surface area contributed by atoms with Crippen molar-refractivity contribution >= 4 is 29.3 Å². The molecule has 0 spiro atoms. The number of carboxylic acids is 1. The fourth-order valence-corrected chi connectivity index (χ4v) is 1.93. The summed E-state index contributed by atoms with van der Waals surface area (Å²) in [4.78, 5) is 22.3. The summed E-state index contributed by atoms with van der Waals surface area (Å²) < 4.78 is 0. The van der Waals surface area contributed by atoms with E-state index in [4.69, 9.17) is 16.7 Å². The zero-order valence-corrected chi connectivity index (χ0v) is 10.3. The molecule has 0 aliphatic heterocycles. The van der Waals surface area contributed by atoms with Crippen LogP contribution in [0.15, 0.2) is 18.2 Å². The number of carbonyl (C=O) groups is 2. The number of halogens is 1. The molecule has 1 aliphatic carbocycles. The van der Waals surface area contributed by atoms with E-state index in [0.29, 0.717) is 5.69 Å². The number of carbonyl (C=O) groups excluding carboxylic acids is 1. The first kappa shape index (κ1) is 12.7. The van der Waals surface area contributed by atoms with E-state index < -0.39 is 5.97 Å². The maximum atomic E-state index is 11.6. The van der Waals surface area contributed by atoms with Gasteiger partial charge in [0.1, 0.15) is 0 Å². The topological polar surface area (TPSA) is 78.4 Å². The van der Waals surface area contributed by atoms with Crippen LogP contribution in [0.3, 0.4) is 0 Å². The van der Waals surface area contributed by atoms with Crippen LogP contribution in [0.25, 0.3) is 0 Å². The number of amides is 2. The highest BCUT2D eigenvalue weighted by Gasteiger charge is 2.19. The molecule has 2 amide bonds. The summed E-state index contributed by atoms with van der Waals surface area (Å²) in [6.07, 6.45) is 3.16. The number of hydrogen-bond acceptors (Lipinski definition) is 2. The minimum absolute atomic E-state index is 0.0154. The summed E-state index contributed by atoms with van der Waals surface area (Å²) in [6, 6.07) is 4.25. The van der Waals surface area contributed by atoms with Crippen LogP contribution >= 0.6 is 11.6 Å². The van der Waals surface area contributed by atoms with Crippen molar-refractivity contribution in [1.29, 1.82) is 0 Å². The van der Waals surface area contributed by atoms with Gasteiger partial charge in [0.05, 0.1) is 10.6 Å². The summed E-state index contributed by atoms with van der Waals surface area (Å²) in [7, 11) is 0. The maximum absolute atomic E-state index is 11.6. The Labute approximate surface area is 109 Å². The number of aromatic carboxylic acids is 1. The van der Waals surface area contributed by atoms with Gasteiger partial charge in [-0.3, -0.25) is 0 Å². The van der Waals surface area contributed by atoms with Gasteiger partial charge in [0.2, 0.25) is 0 Å². The van der Waals surface area contributed by atoms with E-state index in [1.807, 2.05) is 0 Å². The average molecular weight is 269 g/mol. The third kappa shape index (κ3) is 2.92. The molecule has 0 bridgehead atoms. The van der Waals surface area contributed by atoms with Crippen molar-refractivity contribution in [3.63, 3.8) is 0 Å². The van der Waals surface area contributed by atoms with Crippen LogP contribution in [0.1, 0.15) is 29.6 Å². The molecular formula is C12H13ClN2O3. The molecule has 6 heteroatoms. The fourth-order valence-electron chi connectivity index (χ4n) is 1.67. The van der Waals surface area contributed by atoms with E-state index in [9.17, 15) is 9.59 Å². The summed E-state index contributed by atoms with van der Waals surface area (Å²) in [6.45, 7) is 0. The summed E-state index contributed by atoms with van der Waals surface area (Å²) in [5.74, 6) is -1.09. The van der Waals surface area contributed by atoms with Gasteiger partial charge in [-0.05, 0) is 37.5 Å². The predicted octanol–water partition coefficient (Wildman–Crippen LogP) is 2.71. The maximum Gasteiger partial charge on any atom is 0.337 e. The zero-order valence-electron chi connectivity index (χ0n) is 9.57. The molecular weight excluding hydrogens is 256 g/mol. The SMILES string of the molecule is O=C(Nc1ccc(C(=O)O)c(Cl)c1)NC1CCC1. The number of nitrogens with one attached hydrogen (secondary N) is 2. The number of benzene rings is 1. The second-order valence-corrected chi connectivity index (χ2v) is 4.63. The van der Waals surface area contributed by atoms with Gasteiger partial charge in [-0.2, -0.15) is 0 Å². The molecule has 1 saturated carbocycles. The van der Waals surface area contributed by atoms with Gasteiger partial charge in [-0.25, -0.2) is 9.59 Å². The largest absolute Gasteiger partial charge is 0.478 e. The van der Waals surface area contributed by atoms with Crippen LogP contribution in [0, 0.1) is 0 Å². The van der Waals surface area contributed by atoms with Gasteiger partial charge in [-0.15, -0.1) is 0 Å². The molecule has 5 nitrogen and oxygen atoms in total. The molecule has 1 aliphatic rings. The van der Waals surface area contributed by atoms with Crippen molar-refractivity contribution < 1.29 is 14.7 Å². The molecule has 1 aromatic rings. The summed E-state index contributed by atoms with van der Waals surface area (Å²) in [5.41, 5.74) is 0.489. The van der Waals surface area contributed by atoms with Crippen molar-refractivity contribution in [1.82, 2.24) is 5.32 Å². The Morgan fingerprint density at radius 3 is 2.56 bits per heavy atom. The normalized spacial score (nSPS) is 14.7. The Bertz CT molecular complexity index is 486. The summed E-state index contributed by atoms with van der Waals surface area (Å²) >= 11 is 5.80. The molecule has 3 N–H and O–H groups in total. The minimum Gasteiger partial charge on any atom is -0.478 e. The second kappa shape index (κ2) is 5.27. The smallest absolute Gasteiger partial charge is 0.337 e. The quantitative estimate of drug-likeness (QED) is 0.789. The molecule has 0 aromatic heterocycles. The number of hydrogen-bond donors (Lipinski definition) is 3. The number of rotatable bonds is 3. The average Bonchev–Trinajstić information content (AvgIpc) is 2.23. The predicted molar refractivity (Wildman–Crippen MR) is 68.2 cm³/mol. The molecule has 1 aromatic carbocycles. The fraction of sp³-hybridized carbons (Fsp3) is 0.333. The first-order valence-corrected chi connectivity index (χ1v) is 6.04. The van der Waals surface area contributed by atoms with Crippen molar-refractivity contribution in [2.24, 2.45) is 0 Å². The minimum atomic E-state index is -1.09. The molecule has 2 rings (SSSR count). The highest BCUT2D eigenvalue weighted by Crippen LogP contribution is 2.21. The second-order valence-electron chi connectivity index (χ2n) is 4.23. The van der Waals surface area contributed by atoms with Crippen molar-refractivity contribution in [2.75, 3.05) is 5.32 Å². The number of urea groups is 1. The highest BCUT2D eigenvalue weighted by atomic mass is 35.5. The number of anilines is 1. The van der Waals surface area contributed by atoms with Crippen LogP contribution < -0.4 is 10.6 Å². The van der Waals surface area contributed by atoms with Crippen molar-refractivity contribution in [3.05, 3.63) is 28.8 Å². The van der Waals surface area contributed by atoms with Gasteiger partial charge < -0.3 is 15.7 Å². The van der Waals surface area contributed by atoms with Gasteiger partial charge in [0.25, 0.3) is 0 Å². The monoisotopic (exact) mass is 268 g/mol. The Balaban J connectivity index is 1.98. The van der Waals surface area contributed by atoms with E-state index in [2.05, 4.69) is 10.6 Å². The number of carboxylic acid groups (broad SMARTS) is 1. The van der Waals surface area contributed by atoms with Gasteiger partial charge >= 0.3 is 12.0 Å². The Kier molecular flexibility index (Phi) is 3.72. The standard InChI is InChI=1S/C12H13ClN2O3/c13-10-6-8(4-5-9(10)11(16)17)15-12(18)14-7-2-1-3-7/h4-7H,1-3H2,(H,16,17)(H2,14,15,18). The molecule has 0 unspecified atom stereocenters. The van der Waals surface area contributed by atoms with E-state index in [1.165, 1.54) is 18.2 Å². The lowest BCUT2D eigenvalue weighted by Gasteiger charge is -2.26. The zero-order chi connectivity index (χ0) is 13.1. The lowest BCUT2D eigenvalue weighted by Crippen LogP contribution is -2.41. The van der Waals surface area contributed by atoms with Crippen molar-refractivity contribution in [2.45, 2.75) is 25.3 Å². The first-order valence-electron chi connectivity index (χ1n) is 5.66. The van der Waals surface area contributed by atoms with E-state index >= 15 is 0 Å². The van der Waals surface area contributed by atoms with Gasteiger partial charge in [0, 0.05) is 11.7 Å². The van der Waals surface area contributed by atoms with Crippen LogP contribution in [-0.2, 0) is 0 Å². The van der Waals surface area contributed by atoms with E-state index in [0.717, 1.165) is 19.3 Å². The third-order valence-corrected chi connectivity index (χ3v) is 3.21. The van der Waals surface area contributed by atoms with Crippen molar-refractivity contribution in [3.8, 4) is 0 Å². The Hall–Kier alpha value is -1.75. The lowest BCUT2D eigenvalue weighted by atomic mass is 9.93. The molecule has 0 heterocycles. The molecule has 0 saturated heterocycles. The van der Waals surface area contributed by atoms with Crippen LogP contribution in [0.2, 0.25) is 5.02 Å². The van der Waals surface area contributed by atoms with Crippen LogP contribution in [0.4, 0.5) is 10.5 Å². The molecule has 96 valence electrons. The molecule has 0 radical (unpaired) electrons. The van der Waals surface area contributed by atoms with Crippen LogP contribution in [-0.4, -0.2) is 23.1 Å². The third-order valence-electron chi connectivity index (χ3n) is 2.90. The van der Waals surface area contributed by atoms with Gasteiger partial charge in [-0.1, -0.05) is 11.6 Å². The van der Waals surface area contributed by atoms with Gasteiger partial charge in [0.15, 0.2) is 0 Å². The lowest BCUT2D eigenvalue weighted by molar-refractivity contribution is 0.0697. The van der Waals surface area contributed by atoms with E-state index in [-0.39, 0.29) is 22.7 Å². The highest BCUT2D eigenvalue weighted by molar-refractivity contribution is 6.33. The Morgan fingerprint density at radius 2 is 2.06 bits per heavy atom. The summed E-state index contributed by atoms with van der Waals surface area (Å²) in [5, 5.41) is 14.3. The van der Waals surface area contributed by atoms with Crippen LogP contribution in [0.5, 0.6) is 0 Å². The Morgan fingerprint density at radius 1 is 1.33 bits per heavy atom. The molecule has 1 fully saturated rings.